The van der Waals surface area contributed by atoms with Crippen LogP contribution >= 0.6 is 0 Å². The Bertz CT molecular complexity index is 664. The second-order valence-electron chi connectivity index (χ2n) is 6.03. The number of amides is 4. The molecule has 0 saturated heterocycles. The van der Waals surface area contributed by atoms with Gasteiger partial charge in [-0.2, -0.15) is 0 Å². The van der Waals surface area contributed by atoms with E-state index in [0.717, 1.165) is 4.90 Å². The molecule has 4 amide bonds. The van der Waals surface area contributed by atoms with Crippen LogP contribution in [0.1, 0.15) is 41.5 Å². The van der Waals surface area contributed by atoms with Crippen LogP contribution in [-0.4, -0.2) is 47.3 Å². The van der Waals surface area contributed by atoms with E-state index < -0.39 is 17.4 Å². The van der Waals surface area contributed by atoms with Gasteiger partial charge in [0.25, 0.3) is 17.7 Å². The van der Waals surface area contributed by atoms with E-state index in [9.17, 15) is 19.2 Å². The molecule has 8 heteroatoms. The Balaban J connectivity index is 1.96. The lowest BCUT2D eigenvalue weighted by molar-refractivity contribution is -0.131. The number of hydrazine groups is 1. The third kappa shape index (κ3) is 3.60. The van der Waals surface area contributed by atoms with E-state index in [1.54, 1.807) is 38.1 Å². The van der Waals surface area contributed by atoms with Gasteiger partial charge in [-0.05, 0) is 26.0 Å². The number of rotatable bonds is 5. The van der Waals surface area contributed by atoms with E-state index in [4.69, 9.17) is 4.74 Å². The summed E-state index contributed by atoms with van der Waals surface area (Å²) in [5, 5.41) is 0. The zero-order chi connectivity index (χ0) is 17.9. The predicted octanol–water partition coefficient (Wildman–Crippen LogP) is 0.245. The lowest BCUT2D eigenvalue weighted by atomic mass is 10.0. The van der Waals surface area contributed by atoms with Crippen LogP contribution in [0.2, 0.25) is 0 Å². The fourth-order valence-electron chi connectivity index (χ4n) is 2.39. The normalized spacial score (nSPS) is 13.7. The summed E-state index contributed by atoms with van der Waals surface area (Å²) in [6, 6.07) is 6.60. The van der Waals surface area contributed by atoms with Crippen molar-refractivity contribution in [2.45, 2.75) is 26.3 Å². The second-order valence-corrected chi connectivity index (χ2v) is 6.03. The van der Waals surface area contributed by atoms with Crippen molar-refractivity contribution < 1.29 is 23.9 Å². The smallest absolute Gasteiger partial charge is 0.264 e. The van der Waals surface area contributed by atoms with Crippen LogP contribution in [0.3, 0.4) is 0 Å². The number of benzene rings is 1. The van der Waals surface area contributed by atoms with Crippen molar-refractivity contribution in [1.82, 2.24) is 15.8 Å². The number of ether oxygens (including phenoxy) is 1. The van der Waals surface area contributed by atoms with Crippen molar-refractivity contribution in [1.29, 1.82) is 0 Å². The van der Waals surface area contributed by atoms with Gasteiger partial charge in [-0.1, -0.05) is 12.1 Å². The highest BCUT2D eigenvalue weighted by Crippen LogP contribution is 2.29. The molecule has 0 fully saturated rings. The molecule has 0 atom stereocenters. The number of carbonyl (C=O) groups is 4. The number of hydrogen-bond acceptors (Lipinski definition) is 5. The topological polar surface area (TPSA) is 105 Å². The first-order valence-electron chi connectivity index (χ1n) is 7.35. The lowest BCUT2D eigenvalue weighted by Gasteiger charge is -2.33. The molecule has 1 aromatic carbocycles. The largest absolute Gasteiger partial charge is 0.369 e. The second kappa shape index (κ2) is 6.79. The Labute approximate surface area is 139 Å². The molecule has 2 rings (SSSR count). The maximum atomic E-state index is 12.5. The molecule has 0 unspecified atom stereocenters. The van der Waals surface area contributed by atoms with Gasteiger partial charge in [-0.3, -0.25) is 34.9 Å². The molecule has 8 nitrogen and oxygen atoms in total. The van der Waals surface area contributed by atoms with Crippen molar-refractivity contribution in [3.05, 3.63) is 35.4 Å². The molecule has 0 aromatic heterocycles. The van der Waals surface area contributed by atoms with Crippen LogP contribution in [0.25, 0.3) is 0 Å². The van der Waals surface area contributed by atoms with E-state index in [1.165, 1.54) is 6.92 Å². The molecule has 24 heavy (non-hydrogen) atoms. The number of nitrogens with one attached hydrogen (secondary N) is 2. The minimum atomic E-state index is -0.929. The maximum absolute atomic E-state index is 12.5. The number of imide groups is 1. The van der Waals surface area contributed by atoms with Gasteiger partial charge < -0.3 is 4.74 Å². The summed E-state index contributed by atoms with van der Waals surface area (Å²) in [7, 11) is 0. The Morgan fingerprint density at radius 2 is 1.62 bits per heavy atom. The molecule has 0 spiro atoms. The van der Waals surface area contributed by atoms with Gasteiger partial charge in [0.05, 0.1) is 23.3 Å². The highest BCUT2D eigenvalue weighted by atomic mass is 16.5. The first kappa shape index (κ1) is 17.6. The van der Waals surface area contributed by atoms with Gasteiger partial charge in [0.2, 0.25) is 5.91 Å². The molecule has 0 saturated carbocycles. The Kier molecular flexibility index (Phi) is 4.99. The van der Waals surface area contributed by atoms with Crippen molar-refractivity contribution in [3.63, 3.8) is 0 Å². The van der Waals surface area contributed by atoms with Gasteiger partial charge in [-0.15, -0.1) is 0 Å². The summed E-state index contributed by atoms with van der Waals surface area (Å²) >= 11 is 0. The molecular formula is C16H19N3O5. The van der Waals surface area contributed by atoms with Crippen molar-refractivity contribution in [2.24, 2.45) is 0 Å². The Morgan fingerprint density at radius 1 is 1.08 bits per heavy atom. The number of nitrogens with zero attached hydrogens (tertiary/aromatic N) is 1. The van der Waals surface area contributed by atoms with Gasteiger partial charge >= 0.3 is 0 Å². The minimum absolute atomic E-state index is 0.0219. The average molecular weight is 333 g/mol. The third-order valence-electron chi connectivity index (χ3n) is 3.47. The van der Waals surface area contributed by atoms with E-state index in [1.807, 2.05) is 0 Å². The van der Waals surface area contributed by atoms with Gasteiger partial charge in [0.1, 0.15) is 6.61 Å². The number of fused-ring (bicyclic) bond motifs is 1. The van der Waals surface area contributed by atoms with E-state index >= 15 is 0 Å². The third-order valence-corrected chi connectivity index (χ3v) is 3.47. The van der Waals surface area contributed by atoms with Crippen molar-refractivity contribution >= 4 is 23.6 Å². The molecule has 0 aliphatic carbocycles. The summed E-state index contributed by atoms with van der Waals surface area (Å²) in [5.41, 5.74) is 4.09. The van der Waals surface area contributed by atoms with Crippen LogP contribution in [0, 0.1) is 0 Å². The summed E-state index contributed by atoms with van der Waals surface area (Å²) in [4.78, 5) is 48.2. The first-order chi connectivity index (χ1) is 11.2. The maximum Gasteiger partial charge on any atom is 0.264 e. The molecule has 0 bridgehead atoms. The van der Waals surface area contributed by atoms with Crippen molar-refractivity contribution in [2.75, 3.05) is 13.2 Å². The summed E-state index contributed by atoms with van der Waals surface area (Å²) < 4.78 is 5.29. The molecule has 1 aliphatic heterocycles. The molecule has 0 radical (unpaired) electrons. The highest BCUT2D eigenvalue weighted by Gasteiger charge is 2.44. The molecule has 1 aromatic rings. The van der Waals surface area contributed by atoms with Gasteiger partial charge in [0.15, 0.2) is 0 Å². The lowest BCUT2D eigenvalue weighted by Crippen LogP contribution is -2.51. The predicted molar refractivity (Wildman–Crippen MR) is 83.8 cm³/mol. The average Bonchev–Trinajstić information content (AvgIpc) is 2.77. The zero-order valence-corrected chi connectivity index (χ0v) is 13.7. The number of hydrogen-bond donors (Lipinski definition) is 2. The minimum Gasteiger partial charge on any atom is -0.369 e. The fourth-order valence-corrected chi connectivity index (χ4v) is 2.39. The van der Waals surface area contributed by atoms with Crippen LogP contribution in [0.4, 0.5) is 0 Å². The SMILES string of the molecule is CC(=O)NNC(=O)COCC(C)(C)N1C(=O)c2ccccc2C1=O. The van der Waals surface area contributed by atoms with Gasteiger partial charge in [0, 0.05) is 6.92 Å². The van der Waals surface area contributed by atoms with E-state index in [0.29, 0.717) is 11.1 Å². The van der Waals surface area contributed by atoms with Crippen LogP contribution in [-0.2, 0) is 14.3 Å². The summed E-state index contributed by atoms with van der Waals surface area (Å²) in [6.45, 7) is 4.28. The standard InChI is InChI=1S/C16H19N3O5/c1-10(20)17-18-13(21)8-24-9-16(2,3)19-14(22)11-6-4-5-7-12(11)15(19)23/h4-7H,8-9H2,1-3H3,(H,17,20)(H,18,21). The summed E-state index contributed by atoms with van der Waals surface area (Å²) in [6.07, 6.45) is 0. The molecular weight excluding hydrogens is 314 g/mol. The van der Waals surface area contributed by atoms with Crippen LogP contribution in [0.15, 0.2) is 24.3 Å². The van der Waals surface area contributed by atoms with Crippen LogP contribution in [0.5, 0.6) is 0 Å². The highest BCUT2D eigenvalue weighted by molar-refractivity contribution is 6.21. The first-order valence-corrected chi connectivity index (χ1v) is 7.35. The number of carbonyl (C=O) groups excluding carboxylic acids is 4. The molecule has 1 aliphatic rings. The monoisotopic (exact) mass is 333 g/mol. The van der Waals surface area contributed by atoms with Crippen molar-refractivity contribution in [3.8, 4) is 0 Å². The summed E-state index contributed by atoms with van der Waals surface area (Å²) in [5.74, 6) is -1.71. The molecule has 2 N–H and O–H groups in total. The zero-order valence-electron chi connectivity index (χ0n) is 13.7. The molecule has 128 valence electrons. The Morgan fingerprint density at radius 3 is 2.12 bits per heavy atom. The van der Waals surface area contributed by atoms with E-state index in [2.05, 4.69) is 10.9 Å². The Hall–Kier alpha value is -2.74. The quantitative estimate of drug-likeness (QED) is 0.593. The van der Waals surface area contributed by atoms with E-state index in [-0.39, 0.29) is 25.0 Å². The van der Waals surface area contributed by atoms with Gasteiger partial charge in [-0.25, -0.2) is 0 Å². The fraction of sp³-hybridized carbons (Fsp3) is 0.375. The van der Waals surface area contributed by atoms with Crippen LogP contribution < -0.4 is 10.9 Å². The molecule has 1 heterocycles.